The van der Waals surface area contributed by atoms with E-state index in [1.54, 1.807) is 0 Å². The number of carbonyl (C=O) groups is 1. The highest BCUT2D eigenvalue weighted by Gasteiger charge is 2.51. The molecule has 6 rings (SSSR count). The summed E-state index contributed by atoms with van der Waals surface area (Å²) in [6, 6.07) is 7.76. The highest BCUT2D eigenvalue weighted by atomic mass is 16.2. The van der Waals surface area contributed by atoms with E-state index in [9.17, 15) is 9.59 Å². The molecule has 0 saturated carbocycles. The zero-order chi connectivity index (χ0) is 24.0. The number of H-pyrrole nitrogens is 1. The van der Waals surface area contributed by atoms with Crippen LogP contribution in [0, 0.1) is 5.41 Å². The summed E-state index contributed by atoms with van der Waals surface area (Å²) >= 11 is 0. The lowest BCUT2D eigenvalue weighted by Gasteiger charge is -2.61. The molecular formula is C26H31N7O2. The molecule has 1 spiro atoms. The van der Waals surface area contributed by atoms with Gasteiger partial charge in [-0.3, -0.25) is 24.9 Å². The summed E-state index contributed by atoms with van der Waals surface area (Å²) in [6.07, 6.45) is 6.69. The summed E-state index contributed by atoms with van der Waals surface area (Å²) in [5.74, 6) is -0.133. The number of amides is 1. The van der Waals surface area contributed by atoms with Gasteiger partial charge in [0.2, 0.25) is 0 Å². The predicted molar refractivity (Wildman–Crippen MR) is 134 cm³/mol. The summed E-state index contributed by atoms with van der Waals surface area (Å²) in [5.41, 5.74) is 8.32. The number of hydrogen-bond donors (Lipinski definition) is 2. The van der Waals surface area contributed by atoms with E-state index in [0.717, 1.165) is 86.5 Å². The minimum absolute atomic E-state index is 0.0221. The fourth-order valence-corrected chi connectivity index (χ4v) is 5.67. The Morgan fingerprint density at radius 3 is 2.60 bits per heavy atom. The number of aromatic amines is 1. The number of aromatic nitrogens is 3. The molecule has 0 radical (unpaired) electrons. The maximum atomic E-state index is 12.4. The summed E-state index contributed by atoms with van der Waals surface area (Å²) < 4.78 is 0. The molecule has 0 aliphatic carbocycles. The zero-order valence-corrected chi connectivity index (χ0v) is 20.1. The number of aryl methyl sites for hydroxylation is 1. The number of fused-ring (bicyclic) bond motifs is 1. The lowest BCUT2D eigenvalue weighted by atomic mass is 9.72. The number of pyridine rings is 3. The number of likely N-dealkylation sites (tertiary alicyclic amines) is 1. The molecule has 0 bridgehead atoms. The van der Waals surface area contributed by atoms with Crippen molar-refractivity contribution in [3.8, 4) is 0 Å². The van der Waals surface area contributed by atoms with Crippen molar-refractivity contribution < 1.29 is 4.79 Å². The van der Waals surface area contributed by atoms with Gasteiger partial charge < -0.3 is 9.88 Å². The van der Waals surface area contributed by atoms with Crippen LogP contribution in [0.25, 0.3) is 11.0 Å². The highest BCUT2D eigenvalue weighted by Crippen LogP contribution is 2.42. The molecule has 0 unspecified atom stereocenters. The Bertz CT molecular complexity index is 1300. The van der Waals surface area contributed by atoms with Crippen LogP contribution in [0.2, 0.25) is 0 Å². The Labute approximate surface area is 204 Å². The third-order valence-electron chi connectivity index (χ3n) is 7.49. The molecule has 182 valence electrons. The van der Waals surface area contributed by atoms with Gasteiger partial charge in [0.15, 0.2) is 0 Å². The van der Waals surface area contributed by atoms with E-state index < -0.39 is 0 Å². The van der Waals surface area contributed by atoms with E-state index in [2.05, 4.69) is 30.2 Å². The van der Waals surface area contributed by atoms with Crippen LogP contribution in [0.1, 0.15) is 41.4 Å². The van der Waals surface area contributed by atoms with Crippen molar-refractivity contribution in [2.24, 2.45) is 5.41 Å². The predicted octanol–water partition coefficient (Wildman–Crippen LogP) is 1.94. The fraction of sp³-hybridized carbons (Fsp3) is 0.462. The quantitative estimate of drug-likeness (QED) is 0.565. The lowest BCUT2D eigenvalue weighted by Crippen LogP contribution is -2.72. The second kappa shape index (κ2) is 8.73. The normalized spacial score (nSPS) is 19.6. The first-order valence-corrected chi connectivity index (χ1v) is 12.5. The van der Waals surface area contributed by atoms with Crippen LogP contribution in [0.3, 0.4) is 0 Å². The van der Waals surface area contributed by atoms with Gasteiger partial charge in [0.1, 0.15) is 5.69 Å². The molecule has 35 heavy (non-hydrogen) atoms. The molecule has 0 atom stereocenters. The Hall–Kier alpha value is -3.30. The van der Waals surface area contributed by atoms with Gasteiger partial charge in [-0.05, 0) is 49.1 Å². The minimum atomic E-state index is -0.133. The topological polar surface area (TPSA) is 97.5 Å². The van der Waals surface area contributed by atoms with Gasteiger partial charge in [0.25, 0.3) is 11.5 Å². The SMILES string of the molecule is CCc1cc2ncc(CN3CC4(C3)CN(c3ccc(C(=O)NN5CCCC5)nc3)C4)cc2[nH]c1=O. The third kappa shape index (κ3) is 4.30. The first-order valence-electron chi connectivity index (χ1n) is 12.5. The monoisotopic (exact) mass is 473 g/mol. The van der Waals surface area contributed by atoms with Crippen molar-refractivity contribution in [2.75, 3.05) is 44.2 Å². The Morgan fingerprint density at radius 2 is 1.89 bits per heavy atom. The fourth-order valence-electron chi connectivity index (χ4n) is 5.67. The summed E-state index contributed by atoms with van der Waals surface area (Å²) in [5, 5.41) is 1.97. The molecule has 6 heterocycles. The van der Waals surface area contributed by atoms with Crippen molar-refractivity contribution in [3.63, 3.8) is 0 Å². The van der Waals surface area contributed by atoms with Gasteiger partial charge in [0, 0.05) is 63.0 Å². The van der Waals surface area contributed by atoms with Crippen molar-refractivity contribution >= 4 is 22.6 Å². The smallest absolute Gasteiger partial charge is 0.284 e. The standard InChI is InChI=1S/C26H31N7O2/c1-2-19-10-22-23(29-24(19)34)9-18(11-27-22)13-31-14-26(15-31)16-32(17-26)20-5-6-21(28-12-20)25(35)30-33-7-3-4-8-33/h5-6,9-12H,2-4,7-8,13-17H2,1H3,(H,29,34)(H,30,35). The number of nitrogens with zero attached hydrogens (tertiary/aromatic N) is 5. The summed E-state index contributed by atoms with van der Waals surface area (Å²) in [4.78, 5) is 41.2. The number of anilines is 1. The van der Waals surface area contributed by atoms with Gasteiger partial charge in [-0.15, -0.1) is 0 Å². The van der Waals surface area contributed by atoms with E-state index in [1.165, 1.54) is 0 Å². The molecule has 0 aromatic carbocycles. The van der Waals surface area contributed by atoms with Crippen LogP contribution in [0.5, 0.6) is 0 Å². The molecule has 3 saturated heterocycles. The number of nitrogens with one attached hydrogen (secondary N) is 2. The van der Waals surface area contributed by atoms with Gasteiger partial charge in [-0.25, -0.2) is 9.99 Å². The summed E-state index contributed by atoms with van der Waals surface area (Å²) in [7, 11) is 0. The van der Waals surface area contributed by atoms with Crippen LogP contribution in [-0.4, -0.2) is 70.0 Å². The lowest BCUT2D eigenvalue weighted by molar-refractivity contribution is -0.0273. The van der Waals surface area contributed by atoms with Crippen LogP contribution >= 0.6 is 0 Å². The van der Waals surface area contributed by atoms with E-state index in [-0.39, 0.29) is 11.5 Å². The molecule has 1 amide bonds. The number of hydrogen-bond acceptors (Lipinski definition) is 7. The van der Waals surface area contributed by atoms with Crippen LogP contribution < -0.4 is 15.9 Å². The molecule has 3 aromatic rings. The molecule has 3 fully saturated rings. The van der Waals surface area contributed by atoms with E-state index in [1.807, 2.05) is 48.6 Å². The van der Waals surface area contributed by atoms with Crippen LogP contribution in [0.4, 0.5) is 5.69 Å². The van der Waals surface area contributed by atoms with Gasteiger partial charge >= 0.3 is 0 Å². The molecule has 2 N–H and O–H groups in total. The maximum absolute atomic E-state index is 12.4. The van der Waals surface area contributed by atoms with Crippen molar-refractivity contribution in [3.05, 3.63) is 63.8 Å². The number of hydrazine groups is 1. The number of carbonyl (C=O) groups excluding carboxylic acids is 1. The molecule has 9 heteroatoms. The summed E-state index contributed by atoms with van der Waals surface area (Å²) in [6.45, 7) is 8.76. The average Bonchev–Trinajstić information content (AvgIpc) is 3.32. The molecule has 9 nitrogen and oxygen atoms in total. The first-order chi connectivity index (χ1) is 17.0. The number of rotatable bonds is 6. The Kier molecular flexibility index (Phi) is 5.53. The van der Waals surface area contributed by atoms with Crippen LogP contribution in [-0.2, 0) is 13.0 Å². The van der Waals surface area contributed by atoms with Crippen molar-refractivity contribution in [2.45, 2.75) is 32.7 Å². The molecule has 3 aromatic heterocycles. The average molecular weight is 474 g/mol. The largest absolute Gasteiger partial charge is 0.369 e. The second-order valence-electron chi connectivity index (χ2n) is 10.3. The molecule has 3 aliphatic rings. The maximum Gasteiger partial charge on any atom is 0.284 e. The molecular weight excluding hydrogens is 442 g/mol. The van der Waals surface area contributed by atoms with Crippen molar-refractivity contribution in [1.82, 2.24) is 30.3 Å². The van der Waals surface area contributed by atoms with E-state index in [0.29, 0.717) is 17.5 Å². The molecule has 3 aliphatic heterocycles. The van der Waals surface area contributed by atoms with E-state index >= 15 is 0 Å². The highest BCUT2D eigenvalue weighted by molar-refractivity contribution is 5.92. The first kappa shape index (κ1) is 22.2. The van der Waals surface area contributed by atoms with Crippen molar-refractivity contribution in [1.29, 1.82) is 0 Å². The minimum Gasteiger partial charge on any atom is -0.369 e. The second-order valence-corrected chi connectivity index (χ2v) is 10.3. The van der Waals surface area contributed by atoms with Gasteiger partial charge in [-0.1, -0.05) is 6.92 Å². The van der Waals surface area contributed by atoms with Crippen LogP contribution in [0.15, 0.2) is 41.5 Å². The van der Waals surface area contributed by atoms with Gasteiger partial charge in [-0.2, -0.15) is 0 Å². The van der Waals surface area contributed by atoms with E-state index in [4.69, 9.17) is 0 Å². The third-order valence-corrected chi connectivity index (χ3v) is 7.49. The Balaban J connectivity index is 1.01. The Morgan fingerprint density at radius 1 is 1.09 bits per heavy atom. The zero-order valence-electron chi connectivity index (χ0n) is 20.1. The van der Waals surface area contributed by atoms with Gasteiger partial charge in [0.05, 0.1) is 22.9 Å².